The number of hydrogen-bond acceptors (Lipinski definition) is 4. The van der Waals surface area contributed by atoms with Crippen LogP contribution in [0.25, 0.3) is 0 Å². The monoisotopic (exact) mass is 381 g/mol. The highest BCUT2D eigenvalue weighted by Gasteiger charge is 2.12. The molecule has 0 bridgehead atoms. The van der Waals surface area contributed by atoms with Gasteiger partial charge < -0.3 is 14.8 Å². The van der Waals surface area contributed by atoms with E-state index in [9.17, 15) is 9.59 Å². The highest BCUT2D eigenvalue weighted by molar-refractivity contribution is 6.39. The summed E-state index contributed by atoms with van der Waals surface area (Å²) < 4.78 is 10.2. The third kappa shape index (κ3) is 5.96. The molecule has 0 aliphatic carbocycles. The first-order chi connectivity index (χ1) is 12.0. The normalized spacial score (nSPS) is 10.2. The number of para-hydroxylation sites is 1. The summed E-state index contributed by atoms with van der Waals surface area (Å²) in [6, 6.07) is 12.2. The van der Waals surface area contributed by atoms with Crippen molar-refractivity contribution < 1.29 is 19.1 Å². The Bertz CT molecular complexity index is 727. The molecule has 0 heterocycles. The topological polar surface area (TPSA) is 64.6 Å². The van der Waals surface area contributed by atoms with Crippen LogP contribution in [0.4, 0.5) is 5.69 Å². The zero-order chi connectivity index (χ0) is 18.2. The van der Waals surface area contributed by atoms with Crippen LogP contribution in [-0.4, -0.2) is 25.1 Å². The summed E-state index contributed by atoms with van der Waals surface area (Å²) in [6.45, 7) is 1.30. The molecule has 1 amide bonds. The van der Waals surface area contributed by atoms with Gasteiger partial charge in [0, 0.05) is 0 Å². The summed E-state index contributed by atoms with van der Waals surface area (Å²) in [7, 11) is 0. The number of ether oxygens (including phenoxy) is 2. The van der Waals surface area contributed by atoms with E-state index in [-0.39, 0.29) is 12.3 Å². The minimum Gasteiger partial charge on any atom is -0.482 e. The van der Waals surface area contributed by atoms with Crippen molar-refractivity contribution in [2.45, 2.75) is 13.3 Å². The molecule has 2 aromatic rings. The number of aryl methyl sites for hydroxylation is 1. The first-order valence-electron chi connectivity index (χ1n) is 7.60. The second kappa shape index (κ2) is 9.30. The zero-order valence-electron chi connectivity index (χ0n) is 13.6. The lowest BCUT2D eigenvalue weighted by Gasteiger charge is -2.10. The fourth-order valence-electron chi connectivity index (χ4n) is 1.94. The molecule has 5 nitrogen and oxygen atoms in total. The summed E-state index contributed by atoms with van der Waals surface area (Å²) >= 11 is 11.9. The SMILES string of the molecule is CCc1ccc(OCC(=O)OCC(=O)Nc2c(Cl)cccc2Cl)cc1. The minimum absolute atomic E-state index is 0.277. The number of halogens is 2. The van der Waals surface area contributed by atoms with Gasteiger partial charge in [0.15, 0.2) is 13.2 Å². The second-order valence-electron chi connectivity index (χ2n) is 5.09. The molecule has 1 N–H and O–H groups in total. The van der Waals surface area contributed by atoms with E-state index in [1.165, 1.54) is 5.56 Å². The van der Waals surface area contributed by atoms with Crippen molar-refractivity contribution in [3.63, 3.8) is 0 Å². The van der Waals surface area contributed by atoms with E-state index in [0.29, 0.717) is 15.8 Å². The highest BCUT2D eigenvalue weighted by Crippen LogP contribution is 2.29. The largest absolute Gasteiger partial charge is 0.482 e. The molecule has 0 radical (unpaired) electrons. The molecule has 0 spiro atoms. The summed E-state index contributed by atoms with van der Waals surface area (Å²) in [5, 5.41) is 3.09. The Morgan fingerprint density at radius 1 is 1.00 bits per heavy atom. The van der Waals surface area contributed by atoms with E-state index >= 15 is 0 Å². The van der Waals surface area contributed by atoms with Crippen molar-refractivity contribution in [3.8, 4) is 5.75 Å². The maximum Gasteiger partial charge on any atom is 0.344 e. The third-order valence-corrected chi connectivity index (χ3v) is 3.91. The molecule has 0 aliphatic rings. The van der Waals surface area contributed by atoms with Crippen LogP contribution in [0.3, 0.4) is 0 Å². The Hall–Kier alpha value is -2.24. The molecule has 0 saturated heterocycles. The number of amides is 1. The van der Waals surface area contributed by atoms with Gasteiger partial charge in [-0.3, -0.25) is 4.79 Å². The lowest BCUT2D eigenvalue weighted by molar-refractivity contribution is -0.149. The Balaban J connectivity index is 1.76. The van der Waals surface area contributed by atoms with Crippen molar-refractivity contribution in [3.05, 3.63) is 58.1 Å². The summed E-state index contributed by atoms with van der Waals surface area (Å²) in [5.41, 5.74) is 1.45. The van der Waals surface area contributed by atoms with Crippen LogP contribution < -0.4 is 10.1 Å². The maximum absolute atomic E-state index is 11.8. The molecule has 0 atom stereocenters. The lowest BCUT2D eigenvalue weighted by atomic mass is 10.2. The van der Waals surface area contributed by atoms with Gasteiger partial charge in [-0.1, -0.05) is 48.3 Å². The first-order valence-corrected chi connectivity index (χ1v) is 8.36. The summed E-state index contributed by atoms with van der Waals surface area (Å²) in [4.78, 5) is 23.5. The predicted molar refractivity (Wildman–Crippen MR) is 97.4 cm³/mol. The Morgan fingerprint density at radius 3 is 2.24 bits per heavy atom. The molecule has 7 heteroatoms. The lowest BCUT2D eigenvalue weighted by Crippen LogP contribution is -2.23. The number of nitrogens with one attached hydrogen (secondary N) is 1. The summed E-state index contributed by atoms with van der Waals surface area (Å²) in [6.07, 6.45) is 0.923. The highest BCUT2D eigenvalue weighted by atomic mass is 35.5. The summed E-state index contributed by atoms with van der Waals surface area (Å²) in [5.74, 6) is -0.642. The fraction of sp³-hybridized carbons (Fsp3) is 0.222. The number of carbonyl (C=O) groups excluding carboxylic acids is 2. The number of hydrogen-bond donors (Lipinski definition) is 1. The number of benzene rings is 2. The average molecular weight is 382 g/mol. The van der Waals surface area contributed by atoms with Gasteiger partial charge in [-0.25, -0.2) is 4.79 Å². The van der Waals surface area contributed by atoms with E-state index in [1.54, 1.807) is 30.3 Å². The minimum atomic E-state index is -0.653. The second-order valence-corrected chi connectivity index (χ2v) is 5.91. The molecule has 132 valence electrons. The van der Waals surface area contributed by atoms with Crippen LogP contribution in [0.2, 0.25) is 10.0 Å². The van der Waals surface area contributed by atoms with E-state index < -0.39 is 18.5 Å². The molecule has 2 rings (SSSR count). The van der Waals surface area contributed by atoms with Crippen molar-refractivity contribution in [1.29, 1.82) is 0 Å². The average Bonchev–Trinajstić information content (AvgIpc) is 2.62. The molecular formula is C18H17Cl2NO4. The van der Waals surface area contributed by atoms with Gasteiger partial charge in [-0.15, -0.1) is 0 Å². The van der Waals surface area contributed by atoms with Crippen molar-refractivity contribution in [1.82, 2.24) is 0 Å². The Labute approximate surface area is 155 Å². The third-order valence-electron chi connectivity index (χ3n) is 3.28. The van der Waals surface area contributed by atoms with Crippen LogP contribution in [-0.2, 0) is 20.7 Å². The smallest absolute Gasteiger partial charge is 0.344 e. The van der Waals surface area contributed by atoms with Gasteiger partial charge in [0.05, 0.1) is 15.7 Å². The van der Waals surface area contributed by atoms with Crippen LogP contribution in [0, 0.1) is 0 Å². The molecule has 0 aliphatic heterocycles. The van der Waals surface area contributed by atoms with Crippen LogP contribution in [0.5, 0.6) is 5.75 Å². The molecule has 0 unspecified atom stereocenters. The number of anilines is 1. The maximum atomic E-state index is 11.8. The van der Waals surface area contributed by atoms with Gasteiger partial charge in [0.25, 0.3) is 5.91 Å². The van der Waals surface area contributed by atoms with Gasteiger partial charge in [0.2, 0.25) is 0 Å². The number of carbonyl (C=O) groups is 2. The molecular weight excluding hydrogens is 365 g/mol. The van der Waals surface area contributed by atoms with Crippen LogP contribution in [0.15, 0.2) is 42.5 Å². The molecule has 0 fully saturated rings. The number of rotatable bonds is 7. The molecule has 25 heavy (non-hydrogen) atoms. The van der Waals surface area contributed by atoms with Crippen LogP contribution in [0.1, 0.15) is 12.5 Å². The Kier molecular flexibility index (Phi) is 7.10. The standard InChI is InChI=1S/C18H17Cl2NO4/c1-2-12-6-8-13(9-7-12)24-11-17(23)25-10-16(22)21-18-14(19)4-3-5-15(18)20/h3-9H,2,10-11H2,1H3,(H,21,22). The zero-order valence-corrected chi connectivity index (χ0v) is 15.1. The van der Waals surface area contributed by atoms with Gasteiger partial charge >= 0.3 is 5.97 Å². The first kappa shape index (κ1) is 19.1. The Morgan fingerprint density at radius 2 is 1.64 bits per heavy atom. The number of esters is 1. The quantitative estimate of drug-likeness (QED) is 0.732. The molecule has 2 aromatic carbocycles. The van der Waals surface area contributed by atoms with Crippen molar-refractivity contribution in [2.75, 3.05) is 18.5 Å². The van der Waals surface area contributed by atoms with Gasteiger partial charge in [0.1, 0.15) is 5.75 Å². The van der Waals surface area contributed by atoms with E-state index in [2.05, 4.69) is 5.32 Å². The van der Waals surface area contributed by atoms with Crippen molar-refractivity contribution in [2.24, 2.45) is 0 Å². The van der Waals surface area contributed by atoms with Gasteiger partial charge in [-0.2, -0.15) is 0 Å². The van der Waals surface area contributed by atoms with Crippen molar-refractivity contribution >= 4 is 40.8 Å². The van der Waals surface area contributed by atoms with E-state index in [1.807, 2.05) is 19.1 Å². The molecule has 0 saturated carbocycles. The molecule has 0 aromatic heterocycles. The van der Waals surface area contributed by atoms with E-state index in [0.717, 1.165) is 6.42 Å². The van der Waals surface area contributed by atoms with Crippen LogP contribution >= 0.6 is 23.2 Å². The van der Waals surface area contributed by atoms with Gasteiger partial charge in [-0.05, 0) is 36.2 Å². The predicted octanol–water partition coefficient (Wildman–Crippen LogP) is 4.12. The fourth-order valence-corrected chi connectivity index (χ4v) is 2.44. The van der Waals surface area contributed by atoms with E-state index in [4.69, 9.17) is 32.7 Å².